The molecule has 0 radical (unpaired) electrons. The van der Waals surface area contributed by atoms with Crippen LogP contribution in [0.25, 0.3) is 0 Å². The van der Waals surface area contributed by atoms with E-state index in [1.165, 1.54) is 6.42 Å². The lowest BCUT2D eigenvalue weighted by atomic mass is 9.68. The van der Waals surface area contributed by atoms with Gasteiger partial charge < -0.3 is 10.2 Å². The molecule has 2 fully saturated rings. The molecule has 2 unspecified atom stereocenters. The average molecular weight is 437 g/mol. The number of nitrogens with one attached hydrogen (secondary N) is 1. The lowest BCUT2D eigenvalue weighted by molar-refractivity contribution is -0.128. The Balaban J connectivity index is 1.57. The summed E-state index contributed by atoms with van der Waals surface area (Å²) in [5.74, 6) is -0.0300. The zero-order chi connectivity index (χ0) is 21.8. The highest BCUT2D eigenvalue weighted by molar-refractivity contribution is 6.30. The van der Waals surface area contributed by atoms with Gasteiger partial charge in [0, 0.05) is 24.0 Å². The quantitative estimate of drug-likeness (QED) is 0.615. The molecule has 2 atom stereocenters. The minimum absolute atomic E-state index is 0.0619. The molecule has 5 heteroatoms. The summed E-state index contributed by atoms with van der Waals surface area (Å²) in [6, 6.07) is 7.70. The van der Waals surface area contributed by atoms with E-state index in [4.69, 9.17) is 11.6 Å². The Morgan fingerprint density at radius 1 is 1.20 bits per heavy atom. The molecule has 1 aliphatic heterocycles. The summed E-state index contributed by atoms with van der Waals surface area (Å²) >= 11 is 6.07. The van der Waals surface area contributed by atoms with Gasteiger partial charge in [0.2, 0.25) is 5.91 Å². The van der Waals surface area contributed by atoms with Gasteiger partial charge in [-0.15, -0.1) is 0 Å². The van der Waals surface area contributed by atoms with Crippen LogP contribution in [0.5, 0.6) is 0 Å². The molecule has 0 spiro atoms. The Bertz CT molecular complexity index is 694. The maximum atomic E-state index is 14.9. The second kappa shape index (κ2) is 9.99. The predicted octanol–water partition coefficient (Wildman–Crippen LogP) is 5.75. The summed E-state index contributed by atoms with van der Waals surface area (Å²) < 4.78 is 14.9. The van der Waals surface area contributed by atoms with E-state index in [2.05, 4.69) is 31.0 Å². The molecule has 0 aromatic heterocycles. The largest absolute Gasteiger partial charge is 0.355 e. The van der Waals surface area contributed by atoms with E-state index in [1.807, 2.05) is 24.3 Å². The van der Waals surface area contributed by atoms with E-state index in [9.17, 15) is 9.18 Å². The minimum atomic E-state index is -0.878. The first kappa shape index (κ1) is 23.5. The van der Waals surface area contributed by atoms with Crippen molar-refractivity contribution < 1.29 is 9.18 Å². The van der Waals surface area contributed by atoms with Crippen LogP contribution in [0, 0.1) is 11.3 Å². The number of likely N-dealkylation sites (tertiary alicyclic amines) is 1. The van der Waals surface area contributed by atoms with Crippen LogP contribution in [-0.4, -0.2) is 43.2 Å². The topological polar surface area (TPSA) is 32.3 Å². The third-order valence-corrected chi connectivity index (χ3v) is 7.25. The molecule has 2 aliphatic rings. The summed E-state index contributed by atoms with van der Waals surface area (Å²) in [7, 11) is 0. The third-order valence-electron chi connectivity index (χ3n) is 7.00. The molecule has 1 aliphatic carbocycles. The van der Waals surface area contributed by atoms with E-state index < -0.39 is 11.6 Å². The highest BCUT2D eigenvalue weighted by Gasteiger charge is 2.41. The third kappa shape index (κ3) is 5.97. The van der Waals surface area contributed by atoms with Crippen molar-refractivity contribution in [3.63, 3.8) is 0 Å². The molecule has 1 heterocycles. The molecule has 1 saturated carbocycles. The number of halogens is 2. The molecule has 1 aromatic carbocycles. The zero-order valence-electron chi connectivity index (χ0n) is 18.9. The summed E-state index contributed by atoms with van der Waals surface area (Å²) in [6.07, 6.45) is 5.97. The number of hydrogen-bond acceptors (Lipinski definition) is 2. The fourth-order valence-electron chi connectivity index (χ4n) is 4.91. The molecule has 3 rings (SSSR count). The Morgan fingerprint density at radius 2 is 1.87 bits per heavy atom. The maximum Gasteiger partial charge on any atom is 0.230 e. The number of amides is 1. The van der Waals surface area contributed by atoms with Crippen molar-refractivity contribution in [2.24, 2.45) is 11.3 Å². The van der Waals surface area contributed by atoms with Crippen molar-refractivity contribution in [3.05, 3.63) is 34.9 Å². The van der Waals surface area contributed by atoms with E-state index in [1.54, 1.807) is 0 Å². The monoisotopic (exact) mass is 436 g/mol. The number of rotatable bonds is 6. The molecule has 168 valence electrons. The Morgan fingerprint density at radius 3 is 2.47 bits per heavy atom. The lowest BCUT2D eigenvalue weighted by Crippen LogP contribution is -2.50. The number of carbonyl (C=O) groups is 1. The van der Waals surface area contributed by atoms with Gasteiger partial charge in [-0.25, -0.2) is 4.39 Å². The van der Waals surface area contributed by atoms with Crippen LogP contribution in [0.3, 0.4) is 0 Å². The molecule has 1 saturated heterocycles. The molecular formula is C25H38ClFN2O. The van der Waals surface area contributed by atoms with Gasteiger partial charge in [0.05, 0.1) is 5.41 Å². The van der Waals surface area contributed by atoms with Crippen molar-refractivity contribution in [2.75, 3.05) is 26.2 Å². The molecule has 30 heavy (non-hydrogen) atoms. The highest BCUT2D eigenvalue weighted by Crippen LogP contribution is 2.40. The molecule has 1 N–H and O–H groups in total. The van der Waals surface area contributed by atoms with Crippen LogP contribution in [-0.2, 0) is 10.2 Å². The lowest BCUT2D eigenvalue weighted by Gasteiger charge is -2.38. The van der Waals surface area contributed by atoms with Crippen LogP contribution < -0.4 is 5.32 Å². The van der Waals surface area contributed by atoms with Crippen molar-refractivity contribution in [2.45, 2.75) is 77.3 Å². The number of benzene rings is 1. The maximum absolute atomic E-state index is 14.9. The average Bonchev–Trinajstić information content (AvgIpc) is 2.72. The van der Waals surface area contributed by atoms with E-state index in [0.29, 0.717) is 18.1 Å². The molecule has 0 bridgehead atoms. The van der Waals surface area contributed by atoms with Crippen molar-refractivity contribution in [3.8, 4) is 0 Å². The standard InChI is InChI=1S/C25H38ClFN2O/c1-24(2,3)14-16-29-15-11-19(22(27)18-29)17-28-23(30)25(12-5-4-6-13-25)20-7-9-21(26)10-8-20/h7-10,19,22H,4-6,11-18H2,1-3H3,(H,28,30). The van der Waals surface area contributed by atoms with Gasteiger partial charge in [-0.1, -0.05) is 63.8 Å². The Hall–Kier alpha value is -1.13. The van der Waals surface area contributed by atoms with Crippen LogP contribution >= 0.6 is 11.6 Å². The minimum Gasteiger partial charge on any atom is -0.355 e. The van der Waals surface area contributed by atoms with Crippen molar-refractivity contribution >= 4 is 17.5 Å². The van der Waals surface area contributed by atoms with Crippen molar-refractivity contribution in [1.82, 2.24) is 10.2 Å². The van der Waals surface area contributed by atoms with Gasteiger partial charge in [-0.3, -0.25) is 4.79 Å². The van der Waals surface area contributed by atoms with E-state index >= 15 is 0 Å². The molecular weight excluding hydrogens is 399 g/mol. The van der Waals surface area contributed by atoms with Crippen LogP contribution in [0.15, 0.2) is 24.3 Å². The van der Waals surface area contributed by atoms with E-state index in [0.717, 1.165) is 57.2 Å². The fourth-order valence-corrected chi connectivity index (χ4v) is 5.03. The first-order chi connectivity index (χ1) is 14.2. The number of alkyl halides is 1. The molecule has 3 nitrogen and oxygen atoms in total. The summed E-state index contributed by atoms with van der Waals surface area (Å²) in [4.78, 5) is 15.6. The van der Waals surface area contributed by atoms with Crippen LogP contribution in [0.2, 0.25) is 5.02 Å². The van der Waals surface area contributed by atoms with Gasteiger partial charge in [0.15, 0.2) is 0 Å². The van der Waals surface area contributed by atoms with Crippen molar-refractivity contribution in [1.29, 1.82) is 0 Å². The Kier molecular flexibility index (Phi) is 7.84. The first-order valence-electron chi connectivity index (χ1n) is 11.6. The summed E-state index contributed by atoms with van der Waals surface area (Å²) in [5.41, 5.74) is 0.812. The smallest absolute Gasteiger partial charge is 0.230 e. The fraction of sp³-hybridized carbons (Fsp3) is 0.720. The number of hydrogen-bond donors (Lipinski definition) is 1. The molecule has 1 amide bonds. The summed E-state index contributed by atoms with van der Waals surface area (Å²) in [5, 5.41) is 3.83. The number of nitrogens with zero attached hydrogens (tertiary/aromatic N) is 1. The van der Waals surface area contributed by atoms with Gasteiger partial charge in [0.1, 0.15) is 6.17 Å². The normalized spacial score (nSPS) is 25.1. The zero-order valence-corrected chi connectivity index (χ0v) is 19.6. The second-order valence-electron chi connectivity index (χ2n) is 10.5. The van der Waals surface area contributed by atoms with Gasteiger partial charge >= 0.3 is 0 Å². The second-order valence-corrected chi connectivity index (χ2v) is 11.0. The Labute approximate surface area is 186 Å². The summed E-state index contributed by atoms with van der Waals surface area (Å²) in [6.45, 7) is 9.46. The van der Waals surface area contributed by atoms with Crippen LogP contribution in [0.1, 0.15) is 71.3 Å². The molecule has 1 aromatic rings. The van der Waals surface area contributed by atoms with E-state index in [-0.39, 0.29) is 17.2 Å². The van der Waals surface area contributed by atoms with Gasteiger partial charge in [0.25, 0.3) is 0 Å². The number of carbonyl (C=O) groups excluding carboxylic acids is 1. The highest BCUT2D eigenvalue weighted by atomic mass is 35.5. The van der Waals surface area contributed by atoms with Crippen LogP contribution in [0.4, 0.5) is 4.39 Å². The first-order valence-corrected chi connectivity index (χ1v) is 12.0. The number of piperidine rings is 1. The van der Waals surface area contributed by atoms with Gasteiger partial charge in [-0.05, 0) is 61.9 Å². The predicted molar refractivity (Wildman–Crippen MR) is 123 cm³/mol. The SMILES string of the molecule is CC(C)(C)CCN1CCC(CNC(=O)C2(c3ccc(Cl)cc3)CCCCC2)C(F)C1. The van der Waals surface area contributed by atoms with Gasteiger partial charge in [-0.2, -0.15) is 0 Å².